The quantitative estimate of drug-likeness (QED) is 0.615. The van der Waals surface area contributed by atoms with Gasteiger partial charge in [-0.15, -0.1) is 0 Å². The van der Waals surface area contributed by atoms with E-state index in [9.17, 15) is 9.50 Å². The molecule has 0 saturated carbocycles. The molecular formula is C9H15FN2O3S. The maximum atomic E-state index is 13.9. The maximum absolute atomic E-state index is 13.9. The molecule has 0 radical (unpaired) electrons. The second-order valence-electron chi connectivity index (χ2n) is 3.81. The third-order valence-corrected chi connectivity index (χ3v) is 3.95. The number of hydrogen-bond acceptors (Lipinski definition) is 5. The van der Waals surface area contributed by atoms with Crippen molar-refractivity contribution in [1.82, 2.24) is 5.32 Å². The lowest BCUT2D eigenvalue weighted by atomic mass is 9.97. The van der Waals surface area contributed by atoms with E-state index in [2.05, 4.69) is 10.3 Å². The lowest BCUT2D eigenvalue weighted by molar-refractivity contribution is -0.139. The van der Waals surface area contributed by atoms with Gasteiger partial charge >= 0.3 is 0 Å². The van der Waals surface area contributed by atoms with Crippen LogP contribution in [0.3, 0.4) is 0 Å². The van der Waals surface area contributed by atoms with Gasteiger partial charge < -0.3 is 20.3 Å². The zero-order valence-electron chi connectivity index (χ0n) is 8.84. The number of amidine groups is 1. The van der Waals surface area contributed by atoms with Gasteiger partial charge in [-0.25, -0.2) is 4.39 Å². The van der Waals surface area contributed by atoms with Crippen molar-refractivity contribution in [2.75, 3.05) is 13.7 Å². The van der Waals surface area contributed by atoms with Crippen molar-refractivity contribution in [2.24, 2.45) is 4.99 Å². The zero-order valence-corrected chi connectivity index (χ0v) is 9.65. The molecule has 0 aromatic heterocycles. The number of ether oxygens (including phenoxy) is 1. The first-order chi connectivity index (χ1) is 7.67. The summed E-state index contributed by atoms with van der Waals surface area (Å²) in [5.41, 5.74) is -0.381. The minimum absolute atomic E-state index is 0.126. The predicted molar refractivity (Wildman–Crippen MR) is 59.1 cm³/mol. The van der Waals surface area contributed by atoms with Crippen molar-refractivity contribution < 1.29 is 19.3 Å². The summed E-state index contributed by atoms with van der Waals surface area (Å²) in [5, 5.41) is 22.0. The smallest absolute Gasteiger partial charge is 0.159 e. The predicted octanol–water partition coefficient (Wildman–Crippen LogP) is -0.516. The molecule has 5 atom stereocenters. The van der Waals surface area contributed by atoms with Crippen molar-refractivity contribution in [3.8, 4) is 0 Å². The molecule has 0 amide bonds. The Balaban J connectivity index is 2.09. The largest absolute Gasteiger partial charge is 0.396 e. The van der Waals surface area contributed by atoms with E-state index in [1.54, 1.807) is 7.05 Å². The molecule has 0 aromatic carbocycles. The first kappa shape index (κ1) is 12.1. The van der Waals surface area contributed by atoms with Gasteiger partial charge in [0.2, 0.25) is 0 Å². The molecule has 0 spiro atoms. The fourth-order valence-electron chi connectivity index (χ4n) is 1.92. The highest BCUT2D eigenvalue weighted by Gasteiger charge is 2.49. The Kier molecular flexibility index (Phi) is 3.68. The molecule has 3 N–H and O–H groups in total. The molecule has 7 heteroatoms. The van der Waals surface area contributed by atoms with E-state index in [1.807, 2.05) is 0 Å². The molecule has 2 aliphatic rings. The Labute approximate surface area is 97.1 Å². The number of halogens is 1. The molecule has 16 heavy (non-hydrogen) atoms. The number of thioether (sulfide) groups is 1. The van der Waals surface area contributed by atoms with Gasteiger partial charge in [0, 0.05) is 13.7 Å². The number of aliphatic hydroxyl groups is 2. The Morgan fingerprint density at radius 1 is 1.62 bits per heavy atom. The first-order valence-corrected chi connectivity index (χ1v) is 6.03. The number of nitrogens with zero attached hydrogens (tertiary/aromatic N) is 1. The van der Waals surface area contributed by atoms with E-state index < -0.39 is 24.4 Å². The normalized spacial score (nSPS) is 45.5. The highest BCUT2D eigenvalue weighted by molar-refractivity contribution is 8.14. The summed E-state index contributed by atoms with van der Waals surface area (Å²) < 4.78 is 19.4. The Bertz CT molecular complexity index is 292. The van der Waals surface area contributed by atoms with Gasteiger partial charge in [0.1, 0.15) is 11.5 Å². The van der Waals surface area contributed by atoms with E-state index in [1.165, 1.54) is 11.8 Å². The van der Waals surface area contributed by atoms with Crippen LogP contribution in [0.2, 0.25) is 0 Å². The zero-order chi connectivity index (χ0) is 11.7. The second-order valence-corrected chi connectivity index (χ2v) is 4.89. The summed E-state index contributed by atoms with van der Waals surface area (Å²) in [4.78, 5) is 3.93. The Morgan fingerprint density at radius 2 is 2.38 bits per heavy atom. The number of aliphatic hydroxyl groups excluding tert-OH is 2. The molecule has 5 nitrogen and oxygen atoms in total. The molecule has 2 saturated heterocycles. The SMILES string of the molecule is CN=C1N[C@@H]2[C@H](F)[C@@H](O)[C@@H](CCO)O[C@@H]2S1. The summed E-state index contributed by atoms with van der Waals surface area (Å²) in [7, 11) is 1.61. The van der Waals surface area contributed by atoms with Crippen molar-refractivity contribution >= 4 is 16.9 Å². The van der Waals surface area contributed by atoms with E-state index in [0.717, 1.165) is 0 Å². The van der Waals surface area contributed by atoms with E-state index in [-0.39, 0.29) is 18.5 Å². The first-order valence-electron chi connectivity index (χ1n) is 5.15. The highest BCUT2D eigenvalue weighted by atomic mass is 32.2. The molecule has 0 bridgehead atoms. The number of fused-ring (bicyclic) bond motifs is 1. The van der Waals surface area contributed by atoms with Gasteiger partial charge in [-0.2, -0.15) is 0 Å². The van der Waals surface area contributed by atoms with Crippen LogP contribution < -0.4 is 5.32 Å². The summed E-state index contributed by atoms with van der Waals surface area (Å²) in [6.45, 7) is -0.126. The average molecular weight is 250 g/mol. The van der Waals surface area contributed by atoms with Crippen LogP contribution in [0.1, 0.15) is 6.42 Å². The summed E-state index contributed by atoms with van der Waals surface area (Å²) in [6.07, 6.45) is -3.00. The monoisotopic (exact) mass is 250 g/mol. The highest BCUT2D eigenvalue weighted by Crippen LogP contribution is 2.35. The second kappa shape index (κ2) is 4.87. The van der Waals surface area contributed by atoms with Crippen LogP contribution >= 0.6 is 11.8 Å². The van der Waals surface area contributed by atoms with Crippen LogP contribution in [0.4, 0.5) is 4.39 Å². The third-order valence-electron chi connectivity index (χ3n) is 2.79. The minimum Gasteiger partial charge on any atom is -0.396 e. The molecule has 2 aliphatic heterocycles. The van der Waals surface area contributed by atoms with Crippen molar-refractivity contribution in [1.29, 1.82) is 0 Å². The van der Waals surface area contributed by atoms with Crippen LogP contribution in [0.25, 0.3) is 0 Å². The fourth-order valence-corrected chi connectivity index (χ4v) is 3.02. The van der Waals surface area contributed by atoms with Crippen molar-refractivity contribution in [2.45, 2.75) is 36.3 Å². The number of alkyl halides is 1. The standard InChI is InChI=1S/C9H15FN2O3S/c1-11-9-12-6-5(10)7(14)4(2-3-13)15-8(6)16-9/h4-8,13-14H,2-3H2,1H3,(H,11,12)/t4-,5+,6-,7+,8-/m1/s1. The third kappa shape index (κ3) is 2.04. The van der Waals surface area contributed by atoms with Crippen LogP contribution in [0.5, 0.6) is 0 Å². The maximum Gasteiger partial charge on any atom is 0.159 e. The summed E-state index contributed by atoms with van der Waals surface area (Å²) in [6, 6.07) is -0.561. The van der Waals surface area contributed by atoms with E-state index in [0.29, 0.717) is 5.17 Å². The van der Waals surface area contributed by atoms with Crippen LogP contribution in [-0.2, 0) is 4.74 Å². The van der Waals surface area contributed by atoms with Crippen molar-refractivity contribution in [3.63, 3.8) is 0 Å². The minimum atomic E-state index is -1.40. The number of nitrogens with one attached hydrogen (secondary N) is 1. The number of aliphatic imine (C=N–C) groups is 1. The molecule has 2 rings (SSSR count). The van der Waals surface area contributed by atoms with Gasteiger partial charge in [-0.3, -0.25) is 4.99 Å². The Hall–Kier alpha value is -0.370. The number of rotatable bonds is 2. The molecule has 92 valence electrons. The molecular weight excluding hydrogens is 235 g/mol. The molecule has 2 heterocycles. The van der Waals surface area contributed by atoms with Crippen LogP contribution in [0, 0.1) is 0 Å². The van der Waals surface area contributed by atoms with E-state index in [4.69, 9.17) is 9.84 Å². The fraction of sp³-hybridized carbons (Fsp3) is 0.889. The van der Waals surface area contributed by atoms with Gasteiger partial charge in [0.15, 0.2) is 11.3 Å². The summed E-state index contributed by atoms with van der Waals surface area (Å²) in [5.74, 6) is 0. The molecule has 2 fully saturated rings. The average Bonchev–Trinajstić information content (AvgIpc) is 2.69. The van der Waals surface area contributed by atoms with Crippen molar-refractivity contribution in [3.05, 3.63) is 0 Å². The van der Waals surface area contributed by atoms with Crippen LogP contribution in [-0.4, -0.2) is 58.9 Å². The van der Waals surface area contributed by atoms with Gasteiger partial charge in [-0.1, -0.05) is 11.8 Å². The summed E-state index contributed by atoms with van der Waals surface area (Å²) >= 11 is 1.31. The van der Waals surface area contributed by atoms with Crippen LogP contribution in [0.15, 0.2) is 4.99 Å². The van der Waals surface area contributed by atoms with Gasteiger partial charge in [-0.05, 0) is 6.42 Å². The number of hydrogen-bond donors (Lipinski definition) is 3. The molecule has 0 unspecified atom stereocenters. The van der Waals surface area contributed by atoms with E-state index >= 15 is 0 Å². The molecule has 0 aliphatic carbocycles. The lowest BCUT2D eigenvalue weighted by Crippen LogP contribution is -2.57. The van der Waals surface area contributed by atoms with Gasteiger partial charge in [0.05, 0.1) is 12.1 Å². The lowest BCUT2D eigenvalue weighted by Gasteiger charge is -2.37. The van der Waals surface area contributed by atoms with Gasteiger partial charge in [0.25, 0.3) is 0 Å². The Morgan fingerprint density at radius 3 is 3.00 bits per heavy atom. The topological polar surface area (TPSA) is 74.1 Å². The molecule has 0 aromatic rings.